The van der Waals surface area contributed by atoms with Crippen molar-refractivity contribution in [2.24, 2.45) is 0 Å². The van der Waals surface area contributed by atoms with E-state index in [0.29, 0.717) is 6.04 Å². The smallest absolute Gasteiger partial charge is 0.0693 e. The van der Waals surface area contributed by atoms with Crippen molar-refractivity contribution in [3.8, 4) is 0 Å². The van der Waals surface area contributed by atoms with E-state index in [9.17, 15) is 0 Å². The van der Waals surface area contributed by atoms with E-state index < -0.39 is 0 Å². The van der Waals surface area contributed by atoms with Crippen molar-refractivity contribution in [2.75, 3.05) is 7.05 Å². The average Bonchev–Trinajstić information content (AvgIpc) is 1.65. The van der Waals surface area contributed by atoms with Gasteiger partial charge in [0.1, 0.15) is 0 Å². The highest BCUT2D eigenvalue weighted by Crippen LogP contribution is 2.18. The van der Waals surface area contributed by atoms with Crippen LogP contribution >= 0.6 is 12.4 Å². The van der Waals surface area contributed by atoms with Gasteiger partial charge in [-0.15, -0.1) is 12.4 Å². The minimum atomic E-state index is -0.0648. The van der Waals surface area contributed by atoms with Crippen molar-refractivity contribution in [1.82, 2.24) is 5.32 Å². The first kappa shape index (κ1) is 8.21. The van der Waals surface area contributed by atoms with Gasteiger partial charge >= 0.3 is 0 Å². The molecule has 0 aromatic heterocycles. The Bertz CT molecular complexity index is 67.4. The summed E-state index contributed by atoms with van der Waals surface area (Å²) in [4.78, 5) is 0. The van der Waals surface area contributed by atoms with Gasteiger partial charge < -0.3 is 10.4 Å². The zero-order valence-electron chi connectivity index (χ0n) is 4.92. The normalized spacial score (nSPS) is 35.2. The lowest BCUT2D eigenvalue weighted by Crippen LogP contribution is -2.45. The van der Waals surface area contributed by atoms with Crippen LogP contribution in [0.5, 0.6) is 0 Å². The molecule has 2 N–H and O–H groups in total. The van der Waals surface area contributed by atoms with Crippen LogP contribution in [0.2, 0.25) is 0 Å². The van der Waals surface area contributed by atoms with Crippen LogP contribution in [0, 0.1) is 0 Å². The molecular formula is C5H12ClNO. The summed E-state index contributed by atoms with van der Waals surface area (Å²) < 4.78 is 0. The molecule has 1 aliphatic rings. The predicted molar refractivity (Wildman–Crippen MR) is 35.3 cm³/mol. The van der Waals surface area contributed by atoms with Gasteiger partial charge in [0.25, 0.3) is 0 Å². The summed E-state index contributed by atoms with van der Waals surface area (Å²) in [6.07, 6.45) is 2.05. The van der Waals surface area contributed by atoms with Crippen LogP contribution in [-0.2, 0) is 0 Å². The number of rotatable bonds is 1. The molecule has 0 spiro atoms. The lowest BCUT2D eigenvalue weighted by molar-refractivity contribution is 0.0541. The van der Waals surface area contributed by atoms with E-state index in [2.05, 4.69) is 5.32 Å². The number of aliphatic hydroxyl groups is 1. The van der Waals surface area contributed by atoms with Crippen LogP contribution in [0.1, 0.15) is 12.8 Å². The van der Waals surface area contributed by atoms with Gasteiger partial charge in [0, 0.05) is 6.04 Å². The van der Waals surface area contributed by atoms with Crippen molar-refractivity contribution in [1.29, 1.82) is 0 Å². The van der Waals surface area contributed by atoms with Crippen LogP contribution in [0.15, 0.2) is 0 Å². The Morgan fingerprint density at radius 1 is 1.50 bits per heavy atom. The molecule has 2 nitrogen and oxygen atoms in total. The average molecular weight is 138 g/mol. The molecule has 0 radical (unpaired) electrons. The van der Waals surface area contributed by atoms with Crippen molar-refractivity contribution in [2.45, 2.75) is 25.0 Å². The van der Waals surface area contributed by atoms with Gasteiger partial charge in [-0.25, -0.2) is 0 Å². The van der Waals surface area contributed by atoms with Crippen molar-refractivity contribution >= 4 is 12.4 Å². The quantitative estimate of drug-likeness (QED) is 0.540. The maximum absolute atomic E-state index is 8.85. The summed E-state index contributed by atoms with van der Waals surface area (Å²) in [7, 11) is 1.88. The van der Waals surface area contributed by atoms with Gasteiger partial charge in [-0.2, -0.15) is 0 Å². The fraction of sp³-hybridized carbons (Fsp3) is 1.00. The van der Waals surface area contributed by atoms with Crippen molar-refractivity contribution in [3.05, 3.63) is 0 Å². The first-order valence-corrected chi connectivity index (χ1v) is 2.70. The second kappa shape index (κ2) is 3.28. The molecular weight excluding hydrogens is 126 g/mol. The summed E-state index contributed by atoms with van der Waals surface area (Å²) >= 11 is 0. The highest BCUT2D eigenvalue weighted by atomic mass is 35.5. The Labute approximate surface area is 55.7 Å². The molecule has 50 valence electrons. The lowest BCUT2D eigenvalue weighted by Gasteiger charge is -2.31. The van der Waals surface area contributed by atoms with E-state index in [0.717, 1.165) is 12.8 Å². The summed E-state index contributed by atoms with van der Waals surface area (Å²) in [6.45, 7) is 0. The first-order chi connectivity index (χ1) is 3.34. The Kier molecular flexibility index (Phi) is 3.36. The minimum absolute atomic E-state index is 0. The lowest BCUT2D eigenvalue weighted by atomic mass is 9.90. The Hall–Kier alpha value is 0.210. The second-order valence-corrected chi connectivity index (χ2v) is 2.04. The van der Waals surface area contributed by atoms with Crippen molar-refractivity contribution in [3.63, 3.8) is 0 Å². The maximum Gasteiger partial charge on any atom is 0.0693 e. The summed E-state index contributed by atoms with van der Waals surface area (Å²) in [6, 6.07) is 0.389. The monoisotopic (exact) mass is 137 g/mol. The van der Waals surface area contributed by atoms with E-state index in [-0.39, 0.29) is 18.5 Å². The van der Waals surface area contributed by atoms with E-state index >= 15 is 0 Å². The molecule has 0 aliphatic heterocycles. The number of nitrogens with one attached hydrogen (secondary N) is 1. The molecule has 8 heavy (non-hydrogen) atoms. The highest BCUT2D eigenvalue weighted by molar-refractivity contribution is 5.85. The van der Waals surface area contributed by atoms with Gasteiger partial charge in [0.2, 0.25) is 0 Å². The summed E-state index contributed by atoms with van der Waals surface area (Å²) in [5, 5.41) is 11.8. The highest BCUT2D eigenvalue weighted by Gasteiger charge is 2.26. The van der Waals surface area contributed by atoms with E-state index in [4.69, 9.17) is 5.11 Å². The third kappa shape index (κ3) is 1.34. The molecule has 2 unspecified atom stereocenters. The molecule has 2 atom stereocenters. The molecule has 1 aliphatic carbocycles. The third-order valence-corrected chi connectivity index (χ3v) is 1.61. The van der Waals surface area contributed by atoms with Gasteiger partial charge in [0.05, 0.1) is 6.10 Å². The number of hydrogen-bond acceptors (Lipinski definition) is 2. The minimum Gasteiger partial charge on any atom is -0.392 e. The molecule has 0 heterocycles. The third-order valence-electron chi connectivity index (χ3n) is 1.61. The number of halogens is 1. The number of likely N-dealkylation sites (N-methyl/N-ethyl adjacent to an activating group) is 1. The van der Waals surface area contributed by atoms with E-state index in [1.807, 2.05) is 7.05 Å². The molecule has 0 aromatic rings. The zero-order chi connectivity index (χ0) is 5.28. The zero-order valence-corrected chi connectivity index (χ0v) is 5.74. The molecule has 1 rings (SSSR count). The Morgan fingerprint density at radius 3 is 2.12 bits per heavy atom. The standard InChI is InChI=1S/C5H11NO.ClH/c1-6-4-2-3-5(4)7;/h4-7H,2-3H2,1H3;1H. The van der Waals surface area contributed by atoms with Gasteiger partial charge in [-0.05, 0) is 19.9 Å². The van der Waals surface area contributed by atoms with Gasteiger partial charge in [-0.3, -0.25) is 0 Å². The van der Waals surface area contributed by atoms with Crippen LogP contribution in [0.4, 0.5) is 0 Å². The van der Waals surface area contributed by atoms with E-state index in [1.54, 1.807) is 0 Å². The predicted octanol–water partition coefficient (Wildman–Crippen LogP) is 0.151. The second-order valence-electron chi connectivity index (χ2n) is 2.04. The fourth-order valence-electron chi connectivity index (χ4n) is 0.819. The van der Waals surface area contributed by atoms with Gasteiger partial charge in [0.15, 0.2) is 0 Å². The van der Waals surface area contributed by atoms with Gasteiger partial charge in [-0.1, -0.05) is 0 Å². The molecule has 0 saturated heterocycles. The SMILES string of the molecule is CNC1CCC1O.Cl. The van der Waals surface area contributed by atoms with Crippen LogP contribution in [0.3, 0.4) is 0 Å². The summed E-state index contributed by atoms with van der Waals surface area (Å²) in [5.74, 6) is 0. The van der Waals surface area contributed by atoms with Crippen LogP contribution < -0.4 is 5.32 Å². The number of hydrogen-bond donors (Lipinski definition) is 2. The molecule has 0 aromatic carbocycles. The van der Waals surface area contributed by atoms with Crippen LogP contribution in [0.25, 0.3) is 0 Å². The van der Waals surface area contributed by atoms with Crippen molar-refractivity contribution < 1.29 is 5.11 Å². The maximum atomic E-state index is 8.85. The molecule has 1 saturated carbocycles. The van der Waals surface area contributed by atoms with E-state index in [1.165, 1.54) is 0 Å². The molecule has 0 amide bonds. The number of aliphatic hydroxyl groups excluding tert-OH is 1. The largest absolute Gasteiger partial charge is 0.392 e. The Balaban J connectivity index is 0.000000490. The topological polar surface area (TPSA) is 32.3 Å². The fourth-order valence-corrected chi connectivity index (χ4v) is 0.819. The summed E-state index contributed by atoms with van der Waals surface area (Å²) in [5.41, 5.74) is 0. The molecule has 0 bridgehead atoms. The Morgan fingerprint density at radius 2 is 2.12 bits per heavy atom. The first-order valence-electron chi connectivity index (χ1n) is 2.70. The van der Waals surface area contributed by atoms with Crippen LogP contribution in [-0.4, -0.2) is 24.3 Å². The molecule has 1 fully saturated rings. The molecule has 3 heteroatoms.